The number of nitrogens with zero attached hydrogens (tertiary/aromatic N) is 2. The minimum Gasteiger partial charge on any atom is -0.399 e. The molecule has 0 radical (unpaired) electrons. The van der Waals surface area contributed by atoms with Crippen LogP contribution in [0.4, 0.5) is 11.5 Å². The number of hydrogen-bond donors (Lipinski definition) is 1. The maximum absolute atomic E-state index is 5.81. The molecule has 0 fully saturated rings. The van der Waals surface area contributed by atoms with Crippen molar-refractivity contribution < 1.29 is 0 Å². The zero-order chi connectivity index (χ0) is 10.6. The van der Waals surface area contributed by atoms with E-state index in [2.05, 4.69) is 16.8 Å². The highest BCUT2D eigenvalue weighted by atomic mass is 35.5. The van der Waals surface area contributed by atoms with E-state index in [0.29, 0.717) is 10.8 Å². The summed E-state index contributed by atoms with van der Waals surface area (Å²) in [4.78, 5) is 6.26. The Morgan fingerprint density at radius 3 is 2.79 bits per heavy atom. The third-order valence-electron chi connectivity index (χ3n) is 2.04. The summed E-state index contributed by atoms with van der Waals surface area (Å²) >= 11 is 5.81. The Bertz CT molecular complexity index is 281. The lowest BCUT2D eigenvalue weighted by molar-refractivity contribution is 0.760. The highest BCUT2D eigenvalue weighted by molar-refractivity contribution is 6.29. The summed E-state index contributed by atoms with van der Waals surface area (Å²) in [7, 11) is 1.99. The first kappa shape index (κ1) is 11.1. The molecule has 0 saturated carbocycles. The standard InChI is InChI=1S/C10H16ClN3/c1-3-4-5-14(2)10-7-8(12)6-9(11)13-10/h6-7H,3-5H2,1-2H3,(H2,12,13). The van der Waals surface area contributed by atoms with E-state index in [1.54, 1.807) is 6.07 Å². The van der Waals surface area contributed by atoms with Gasteiger partial charge in [0.1, 0.15) is 11.0 Å². The smallest absolute Gasteiger partial charge is 0.133 e. The van der Waals surface area contributed by atoms with Crippen molar-refractivity contribution in [2.45, 2.75) is 19.8 Å². The van der Waals surface area contributed by atoms with Crippen LogP contribution >= 0.6 is 11.6 Å². The molecule has 0 aliphatic heterocycles. The van der Waals surface area contributed by atoms with Crippen LogP contribution in [0.1, 0.15) is 19.8 Å². The molecule has 4 heteroatoms. The second kappa shape index (κ2) is 5.05. The fourth-order valence-corrected chi connectivity index (χ4v) is 1.42. The van der Waals surface area contributed by atoms with Crippen LogP contribution in [0.15, 0.2) is 12.1 Å². The number of rotatable bonds is 4. The number of unbranched alkanes of at least 4 members (excludes halogenated alkanes) is 1. The summed E-state index contributed by atoms with van der Waals surface area (Å²) in [6, 6.07) is 3.49. The number of aromatic nitrogens is 1. The quantitative estimate of drug-likeness (QED) is 0.782. The lowest BCUT2D eigenvalue weighted by atomic mass is 10.3. The molecule has 14 heavy (non-hydrogen) atoms. The fourth-order valence-electron chi connectivity index (χ4n) is 1.21. The maximum Gasteiger partial charge on any atom is 0.133 e. The Hall–Kier alpha value is -0.960. The van der Waals surface area contributed by atoms with E-state index >= 15 is 0 Å². The fraction of sp³-hybridized carbons (Fsp3) is 0.500. The zero-order valence-corrected chi connectivity index (χ0v) is 9.38. The molecule has 78 valence electrons. The molecule has 3 nitrogen and oxygen atoms in total. The average molecular weight is 214 g/mol. The largest absolute Gasteiger partial charge is 0.399 e. The summed E-state index contributed by atoms with van der Waals surface area (Å²) in [5.41, 5.74) is 6.33. The highest BCUT2D eigenvalue weighted by Gasteiger charge is 2.03. The summed E-state index contributed by atoms with van der Waals surface area (Å²) < 4.78 is 0. The van der Waals surface area contributed by atoms with E-state index in [-0.39, 0.29) is 0 Å². The van der Waals surface area contributed by atoms with Gasteiger partial charge >= 0.3 is 0 Å². The zero-order valence-electron chi connectivity index (χ0n) is 8.63. The monoisotopic (exact) mass is 213 g/mol. The van der Waals surface area contributed by atoms with Gasteiger partial charge in [0.05, 0.1) is 0 Å². The highest BCUT2D eigenvalue weighted by Crippen LogP contribution is 2.18. The van der Waals surface area contributed by atoms with Crippen molar-refractivity contribution in [3.05, 3.63) is 17.3 Å². The van der Waals surface area contributed by atoms with Crippen LogP contribution in [0, 0.1) is 0 Å². The Morgan fingerprint density at radius 2 is 2.21 bits per heavy atom. The van der Waals surface area contributed by atoms with Gasteiger partial charge in [-0.2, -0.15) is 0 Å². The molecule has 0 bridgehead atoms. The predicted octanol–water partition coefficient (Wildman–Crippen LogP) is 2.55. The van der Waals surface area contributed by atoms with Gasteiger partial charge in [-0.15, -0.1) is 0 Å². The van der Waals surface area contributed by atoms with Gasteiger partial charge < -0.3 is 10.6 Å². The molecular formula is C10H16ClN3. The Balaban J connectivity index is 2.73. The first-order valence-electron chi connectivity index (χ1n) is 4.77. The minimum atomic E-state index is 0.448. The van der Waals surface area contributed by atoms with E-state index in [0.717, 1.165) is 18.8 Å². The summed E-state index contributed by atoms with van der Waals surface area (Å²) in [5, 5.41) is 0.448. The van der Waals surface area contributed by atoms with Gasteiger partial charge in [0.25, 0.3) is 0 Å². The lowest BCUT2D eigenvalue weighted by Gasteiger charge is -2.18. The van der Waals surface area contributed by atoms with Crippen LogP contribution in [-0.4, -0.2) is 18.6 Å². The van der Waals surface area contributed by atoms with Crippen LogP contribution in [0.3, 0.4) is 0 Å². The number of anilines is 2. The summed E-state index contributed by atoms with van der Waals surface area (Å²) in [6.07, 6.45) is 2.31. The first-order chi connectivity index (χ1) is 6.63. The molecule has 1 aromatic heterocycles. The van der Waals surface area contributed by atoms with Crippen LogP contribution < -0.4 is 10.6 Å². The molecule has 1 rings (SSSR count). The van der Waals surface area contributed by atoms with Crippen molar-refractivity contribution in [3.63, 3.8) is 0 Å². The van der Waals surface area contributed by atoms with Crippen molar-refractivity contribution in [1.29, 1.82) is 0 Å². The SMILES string of the molecule is CCCCN(C)c1cc(N)cc(Cl)n1. The minimum absolute atomic E-state index is 0.448. The topological polar surface area (TPSA) is 42.1 Å². The summed E-state index contributed by atoms with van der Waals surface area (Å²) in [6.45, 7) is 3.14. The van der Waals surface area contributed by atoms with Crippen LogP contribution in [0.2, 0.25) is 5.15 Å². The number of nitrogens with two attached hydrogens (primary N) is 1. The second-order valence-corrected chi connectivity index (χ2v) is 3.74. The normalized spacial score (nSPS) is 10.2. The molecule has 0 spiro atoms. The number of hydrogen-bond acceptors (Lipinski definition) is 3. The molecule has 2 N–H and O–H groups in total. The van der Waals surface area contributed by atoms with E-state index in [9.17, 15) is 0 Å². The van der Waals surface area contributed by atoms with Gasteiger partial charge in [0.15, 0.2) is 0 Å². The predicted molar refractivity (Wildman–Crippen MR) is 61.8 cm³/mol. The van der Waals surface area contributed by atoms with E-state index in [1.165, 1.54) is 6.42 Å². The summed E-state index contributed by atoms with van der Waals surface area (Å²) in [5.74, 6) is 0.837. The number of nitrogen functional groups attached to an aromatic ring is 1. The Labute approximate surface area is 89.9 Å². The lowest BCUT2D eigenvalue weighted by Crippen LogP contribution is -2.19. The van der Waals surface area contributed by atoms with Crippen molar-refractivity contribution in [2.75, 3.05) is 24.2 Å². The number of halogens is 1. The molecule has 0 aromatic carbocycles. The van der Waals surface area contributed by atoms with Gasteiger partial charge in [-0.25, -0.2) is 4.98 Å². The van der Waals surface area contributed by atoms with E-state index in [4.69, 9.17) is 17.3 Å². The molecule has 1 aromatic rings. The van der Waals surface area contributed by atoms with Crippen LogP contribution in [0.5, 0.6) is 0 Å². The molecule has 0 saturated heterocycles. The molecule has 0 aliphatic rings. The molecule has 0 unspecified atom stereocenters. The van der Waals surface area contributed by atoms with E-state index < -0.39 is 0 Å². The van der Waals surface area contributed by atoms with Crippen LogP contribution in [-0.2, 0) is 0 Å². The average Bonchev–Trinajstić information content (AvgIpc) is 2.12. The van der Waals surface area contributed by atoms with Gasteiger partial charge in [-0.1, -0.05) is 24.9 Å². The van der Waals surface area contributed by atoms with Crippen molar-refractivity contribution in [3.8, 4) is 0 Å². The second-order valence-electron chi connectivity index (χ2n) is 3.36. The number of pyridine rings is 1. The van der Waals surface area contributed by atoms with Crippen molar-refractivity contribution in [1.82, 2.24) is 4.98 Å². The third kappa shape index (κ3) is 3.07. The maximum atomic E-state index is 5.81. The Kier molecular flexibility index (Phi) is 4.01. The van der Waals surface area contributed by atoms with Gasteiger partial charge in [-0.3, -0.25) is 0 Å². The third-order valence-corrected chi connectivity index (χ3v) is 2.23. The Morgan fingerprint density at radius 1 is 1.50 bits per heavy atom. The van der Waals surface area contributed by atoms with Gasteiger partial charge in [-0.05, 0) is 12.5 Å². The van der Waals surface area contributed by atoms with Crippen LogP contribution in [0.25, 0.3) is 0 Å². The molecule has 0 aliphatic carbocycles. The van der Waals surface area contributed by atoms with Crippen molar-refractivity contribution in [2.24, 2.45) is 0 Å². The molecule has 1 heterocycles. The van der Waals surface area contributed by atoms with Crippen molar-refractivity contribution >= 4 is 23.1 Å². The van der Waals surface area contributed by atoms with Gasteiger partial charge in [0.2, 0.25) is 0 Å². The molecule has 0 atom stereocenters. The van der Waals surface area contributed by atoms with E-state index in [1.807, 2.05) is 13.1 Å². The first-order valence-corrected chi connectivity index (χ1v) is 5.15. The molecule has 0 amide bonds. The molecular weight excluding hydrogens is 198 g/mol. The van der Waals surface area contributed by atoms with Gasteiger partial charge in [0, 0.05) is 25.3 Å².